The number of hydrogen-bond donors (Lipinski definition) is 1. The highest BCUT2D eigenvalue weighted by atomic mass is 35.5. The number of nitrogens with one attached hydrogen (secondary N) is 1. The van der Waals surface area contributed by atoms with Gasteiger partial charge in [0, 0.05) is 12.4 Å². The molecular formula is C13H18ClNO2S. The molecule has 1 aliphatic carbocycles. The fourth-order valence-electron chi connectivity index (χ4n) is 2.11. The number of hydrogen-bond acceptors (Lipinski definition) is 2. The lowest BCUT2D eigenvalue weighted by molar-refractivity contribution is 0.561. The number of halogens is 1. The number of aryl methyl sites for hydroxylation is 2. The Balaban J connectivity index is 2.15. The molecule has 3 nitrogen and oxygen atoms in total. The molecule has 0 spiro atoms. The lowest BCUT2D eigenvalue weighted by Crippen LogP contribution is -2.29. The highest BCUT2D eigenvalue weighted by molar-refractivity contribution is 7.89. The van der Waals surface area contributed by atoms with Crippen LogP contribution in [0, 0.1) is 5.92 Å². The maximum Gasteiger partial charge on any atom is 0.240 e. The van der Waals surface area contributed by atoms with Crippen LogP contribution in [-0.2, 0) is 22.9 Å². The molecule has 18 heavy (non-hydrogen) atoms. The summed E-state index contributed by atoms with van der Waals surface area (Å²) in [5.41, 5.74) is 2.45. The second-order valence-electron chi connectivity index (χ2n) is 4.90. The molecule has 5 heteroatoms. The van der Waals surface area contributed by atoms with Crippen LogP contribution in [0.5, 0.6) is 0 Å². The quantitative estimate of drug-likeness (QED) is 0.845. The van der Waals surface area contributed by atoms with Gasteiger partial charge in [0.15, 0.2) is 0 Å². The molecule has 0 saturated carbocycles. The highest BCUT2D eigenvalue weighted by Crippen LogP contribution is 2.24. The fourth-order valence-corrected chi connectivity index (χ4v) is 3.43. The summed E-state index contributed by atoms with van der Waals surface area (Å²) in [5, 5.41) is 0. The first-order chi connectivity index (χ1) is 8.53. The third-order valence-corrected chi connectivity index (χ3v) is 5.21. The summed E-state index contributed by atoms with van der Waals surface area (Å²) >= 11 is 5.67. The Morgan fingerprint density at radius 1 is 1.33 bits per heavy atom. The van der Waals surface area contributed by atoms with Crippen LogP contribution >= 0.6 is 11.6 Å². The molecule has 0 fully saturated rings. The van der Waals surface area contributed by atoms with Gasteiger partial charge in [0.25, 0.3) is 0 Å². The van der Waals surface area contributed by atoms with Gasteiger partial charge in [-0.3, -0.25) is 0 Å². The Morgan fingerprint density at radius 3 is 2.78 bits per heavy atom. The van der Waals surface area contributed by atoms with Gasteiger partial charge in [0.1, 0.15) is 0 Å². The predicted molar refractivity (Wildman–Crippen MR) is 73.5 cm³/mol. The SMILES string of the molecule is CC(CCl)CNS(=O)(=O)c1ccc2c(c1)CCC2. The van der Waals surface area contributed by atoms with Crippen molar-refractivity contribution < 1.29 is 8.42 Å². The third kappa shape index (κ3) is 3.05. The van der Waals surface area contributed by atoms with Gasteiger partial charge in [-0.25, -0.2) is 13.1 Å². The summed E-state index contributed by atoms with van der Waals surface area (Å²) < 4.78 is 26.8. The standard InChI is InChI=1S/C13H18ClNO2S/c1-10(8-14)9-15-18(16,17)13-6-5-11-3-2-4-12(11)7-13/h5-7,10,15H,2-4,8-9H2,1H3. The zero-order valence-electron chi connectivity index (χ0n) is 10.4. The van der Waals surface area contributed by atoms with E-state index in [0.29, 0.717) is 17.3 Å². The van der Waals surface area contributed by atoms with Gasteiger partial charge in [-0.05, 0) is 48.4 Å². The number of rotatable bonds is 5. The van der Waals surface area contributed by atoms with Crippen molar-refractivity contribution in [3.63, 3.8) is 0 Å². The normalized spacial score (nSPS) is 16.6. The Labute approximate surface area is 114 Å². The maximum absolute atomic E-state index is 12.1. The fraction of sp³-hybridized carbons (Fsp3) is 0.538. The third-order valence-electron chi connectivity index (χ3n) is 3.27. The molecule has 0 heterocycles. The lowest BCUT2D eigenvalue weighted by atomic mass is 10.1. The van der Waals surface area contributed by atoms with Crippen LogP contribution in [0.25, 0.3) is 0 Å². The van der Waals surface area contributed by atoms with Crippen LogP contribution in [0.3, 0.4) is 0 Å². The van der Waals surface area contributed by atoms with Crippen molar-refractivity contribution in [2.24, 2.45) is 5.92 Å². The van der Waals surface area contributed by atoms with Crippen molar-refractivity contribution in [2.45, 2.75) is 31.1 Å². The smallest absolute Gasteiger partial charge is 0.211 e. The van der Waals surface area contributed by atoms with Crippen LogP contribution in [0.15, 0.2) is 23.1 Å². The minimum atomic E-state index is -3.40. The van der Waals surface area contributed by atoms with Crippen molar-refractivity contribution in [1.82, 2.24) is 4.72 Å². The van der Waals surface area contributed by atoms with Crippen molar-refractivity contribution in [3.8, 4) is 0 Å². The van der Waals surface area contributed by atoms with Crippen LogP contribution < -0.4 is 4.72 Å². The summed E-state index contributed by atoms with van der Waals surface area (Å²) in [6, 6.07) is 5.43. The topological polar surface area (TPSA) is 46.2 Å². The van der Waals surface area contributed by atoms with Gasteiger partial charge in [-0.15, -0.1) is 11.6 Å². The van der Waals surface area contributed by atoms with E-state index in [-0.39, 0.29) is 5.92 Å². The molecule has 0 bridgehead atoms. The minimum Gasteiger partial charge on any atom is -0.211 e. The molecule has 1 aromatic rings. The van der Waals surface area contributed by atoms with Crippen molar-refractivity contribution in [1.29, 1.82) is 0 Å². The second kappa shape index (κ2) is 5.59. The van der Waals surface area contributed by atoms with Crippen LogP contribution in [0.2, 0.25) is 0 Å². The van der Waals surface area contributed by atoms with E-state index < -0.39 is 10.0 Å². The Hall–Kier alpha value is -0.580. The van der Waals surface area contributed by atoms with E-state index in [1.54, 1.807) is 12.1 Å². The zero-order chi connectivity index (χ0) is 13.2. The minimum absolute atomic E-state index is 0.135. The molecule has 1 aromatic carbocycles. The highest BCUT2D eigenvalue weighted by Gasteiger charge is 2.18. The van der Waals surface area contributed by atoms with E-state index >= 15 is 0 Å². The average Bonchev–Trinajstić information content (AvgIpc) is 2.83. The molecule has 0 amide bonds. The van der Waals surface area contributed by atoms with Crippen molar-refractivity contribution in [2.75, 3.05) is 12.4 Å². The van der Waals surface area contributed by atoms with Gasteiger partial charge in [-0.1, -0.05) is 13.0 Å². The number of sulfonamides is 1. The zero-order valence-corrected chi connectivity index (χ0v) is 12.0. The summed E-state index contributed by atoms with van der Waals surface area (Å²) in [6.07, 6.45) is 3.17. The van der Waals surface area contributed by atoms with E-state index in [9.17, 15) is 8.42 Å². The molecule has 1 aliphatic rings. The summed E-state index contributed by atoms with van der Waals surface area (Å²) in [4.78, 5) is 0.366. The van der Waals surface area contributed by atoms with Crippen molar-refractivity contribution >= 4 is 21.6 Å². The van der Waals surface area contributed by atoms with E-state index in [0.717, 1.165) is 19.3 Å². The number of alkyl halides is 1. The number of benzene rings is 1. The molecule has 0 radical (unpaired) electrons. The molecule has 0 aliphatic heterocycles. The Bertz CT molecular complexity index is 528. The van der Waals surface area contributed by atoms with Crippen molar-refractivity contribution in [3.05, 3.63) is 29.3 Å². The predicted octanol–water partition coefficient (Wildman–Crippen LogP) is 2.33. The van der Waals surface area contributed by atoms with Crippen LogP contribution in [0.4, 0.5) is 0 Å². The summed E-state index contributed by atoms with van der Waals surface area (Å²) in [6.45, 7) is 2.29. The molecular weight excluding hydrogens is 270 g/mol. The van der Waals surface area contributed by atoms with E-state index in [2.05, 4.69) is 4.72 Å². The summed E-state index contributed by atoms with van der Waals surface area (Å²) in [7, 11) is -3.40. The van der Waals surface area contributed by atoms with Crippen LogP contribution in [0.1, 0.15) is 24.5 Å². The molecule has 1 N–H and O–H groups in total. The monoisotopic (exact) mass is 287 g/mol. The second-order valence-corrected chi connectivity index (χ2v) is 6.97. The first-order valence-corrected chi connectivity index (χ1v) is 8.22. The van der Waals surface area contributed by atoms with E-state index in [4.69, 9.17) is 11.6 Å². The molecule has 0 saturated heterocycles. The lowest BCUT2D eigenvalue weighted by Gasteiger charge is -2.11. The van der Waals surface area contributed by atoms with E-state index in [1.165, 1.54) is 11.1 Å². The number of fused-ring (bicyclic) bond motifs is 1. The first-order valence-electron chi connectivity index (χ1n) is 6.20. The van der Waals surface area contributed by atoms with Gasteiger partial charge in [-0.2, -0.15) is 0 Å². The van der Waals surface area contributed by atoms with Gasteiger partial charge >= 0.3 is 0 Å². The molecule has 1 atom stereocenters. The molecule has 2 rings (SSSR count). The Morgan fingerprint density at radius 2 is 2.06 bits per heavy atom. The largest absolute Gasteiger partial charge is 0.240 e. The molecule has 100 valence electrons. The van der Waals surface area contributed by atoms with Gasteiger partial charge < -0.3 is 0 Å². The van der Waals surface area contributed by atoms with E-state index in [1.807, 2.05) is 13.0 Å². The summed E-state index contributed by atoms with van der Waals surface area (Å²) in [5.74, 6) is 0.586. The molecule has 1 unspecified atom stereocenters. The Kier molecular flexibility index (Phi) is 4.30. The average molecular weight is 288 g/mol. The van der Waals surface area contributed by atoms with Gasteiger partial charge in [0.05, 0.1) is 4.90 Å². The van der Waals surface area contributed by atoms with Crippen LogP contribution in [-0.4, -0.2) is 20.8 Å². The first kappa shape index (κ1) is 13.8. The molecule has 0 aromatic heterocycles. The van der Waals surface area contributed by atoms with Gasteiger partial charge in [0.2, 0.25) is 10.0 Å². The maximum atomic E-state index is 12.1.